The van der Waals surface area contributed by atoms with Crippen molar-refractivity contribution in [1.82, 2.24) is 0 Å². The quantitative estimate of drug-likeness (QED) is 0.332. The second-order valence-corrected chi connectivity index (χ2v) is 5.49. The maximum Gasteiger partial charge on any atom is 0.367 e. The lowest BCUT2D eigenvalue weighted by molar-refractivity contribution is -0.141. The highest BCUT2D eigenvalue weighted by Crippen LogP contribution is 2.37. The molecule has 0 radical (unpaired) electrons. The number of benzene rings is 1. The van der Waals surface area contributed by atoms with Gasteiger partial charge in [-0.2, -0.15) is 0 Å². The minimum atomic E-state index is -2.17. The maximum absolute atomic E-state index is 11.2. The second kappa shape index (κ2) is 6.26. The van der Waals surface area contributed by atoms with Crippen LogP contribution in [0.2, 0.25) is 15.1 Å². The predicted molar refractivity (Wildman–Crippen MR) is 72.4 cm³/mol. The van der Waals surface area contributed by atoms with Gasteiger partial charge in [-0.1, -0.05) is 58.0 Å². The van der Waals surface area contributed by atoms with Crippen molar-refractivity contribution in [3.05, 3.63) is 27.2 Å². The Bertz CT molecular complexity index is 481. The molecule has 4 nitrogen and oxygen atoms in total. The van der Waals surface area contributed by atoms with Gasteiger partial charge in [0.25, 0.3) is 0 Å². The molecule has 1 rings (SSSR count). The van der Waals surface area contributed by atoms with E-state index in [1.165, 1.54) is 12.1 Å². The average molecular weight is 350 g/mol. The van der Waals surface area contributed by atoms with Crippen molar-refractivity contribution in [2.45, 2.75) is 4.46 Å². The van der Waals surface area contributed by atoms with Gasteiger partial charge in [0.05, 0.1) is 17.2 Å². The number of carbonyl (C=O) groups excluding carboxylic acids is 1. The number of alkyl halides is 2. The zero-order chi connectivity index (χ0) is 13.9. The Morgan fingerprint density at radius 3 is 2.17 bits per heavy atom. The fourth-order valence-corrected chi connectivity index (χ4v) is 2.03. The molecule has 18 heavy (non-hydrogen) atoms. The van der Waals surface area contributed by atoms with Gasteiger partial charge in [-0.15, -0.1) is 10.2 Å². The maximum atomic E-state index is 11.2. The lowest BCUT2D eigenvalue weighted by Crippen LogP contribution is -2.24. The highest BCUT2D eigenvalue weighted by Gasteiger charge is 2.35. The Balaban J connectivity index is 3.09. The normalized spacial score (nSPS) is 11.9. The number of methoxy groups -OCH3 is 1. The molecule has 98 valence electrons. The number of carbonyl (C=O) groups is 1. The van der Waals surface area contributed by atoms with E-state index in [4.69, 9.17) is 58.0 Å². The van der Waals surface area contributed by atoms with E-state index < -0.39 is 10.4 Å². The average Bonchev–Trinajstić information content (AvgIpc) is 2.26. The number of hydrogen-bond acceptors (Lipinski definition) is 4. The van der Waals surface area contributed by atoms with Crippen LogP contribution in [0.1, 0.15) is 0 Å². The van der Waals surface area contributed by atoms with E-state index in [9.17, 15) is 4.79 Å². The lowest BCUT2D eigenvalue weighted by Gasteiger charge is -2.09. The van der Waals surface area contributed by atoms with E-state index >= 15 is 0 Å². The molecular formula is C9H5Cl5N2O2. The zero-order valence-corrected chi connectivity index (χ0v) is 12.5. The molecule has 0 fully saturated rings. The molecule has 0 bridgehead atoms. The van der Waals surface area contributed by atoms with Crippen LogP contribution in [0.4, 0.5) is 5.69 Å². The number of esters is 1. The van der Waals surface area contributed by atoms with Gasteiger partial charge < -0.3 is 4.74 Å². The van der Waals surface area contributed by atoms with Crippen molar-refractivity contribution in [2.24, 2.45) is 10.2 Å². The number of azo groups is 1. The first-order chi connectivity index (χ1) is 8.27. The molecule has 0 aliphatic rings. The van der Waals surface area contributed by atoms with Crippen LogP contribution < -0.4 is 0 Å². The van der Waals surface area contributed by atoms with Crippen LogP contribution in [0.3, 0.4) is 0 Å². The van der Waals surface area contributed by atoms with Crippen molar-refractivity contribution in [3.8, 4) is 0 Å². The molecule has 0 atom stereocenters. The third-order valence-electron chi connectivity index (χ3n) is 1.69. The molecule has 0 saturated heterocycles. The van der Waals surface area contributed by atoms with Gasteiger partial charge in [0.15, 0.2) is 0 Å². The summed E-state index contributed by atoms with van der Waals surface area (Å²) in [6, 6.07) is 2.82. The summed E-state index contributed by atoms with van der Waals surface area (Å²) < 4.78 is 2.17. The Morgan fingerprint density at radius 1 is 1.22 bits per heavy atom. The van der Waals surface area contributed by atoms with Gasteiger partial charge >= 0.3 is 10.4 Å². The summed E-state index contributed by atoms with van der Waals surface area (Å²) in [6.45, 7) is 0. The first-order valence-electron chi connectivity index (χ1n) is 4.31. The van der Waals surface area contributed by atoms with E-state index in [1.54, 1.807) is 0 Å². The van der Waals surface area contributed by atoms with Crippen molar-refractivity contribution < 1.29 is 9.53 Å². The minimum absolute atomic E-state index is 0.0947. The van der Waals surface area contributed by atoms with E-state index in [2.05, 4.69) is 15.0 Å². The molecule has 0 aromatic heterocycles. The standard InChI is InChI=1S/C9H5Cl5N2O2/c1-18-8(17)9(13,14)16-15-7-5(11)2-4(10)3-6(7)12/h2-3H,1H3/b16-15+. The minimum Gasteiger partial charge on any atom is -0.465 e. The van der Waals surface area contributed by atoms with E-state index in [-0.39, 0.29) is 15.7 Å². The van der Waals surface area contributed by atoms with Crippen LogP contribution in [0.5, 0.6) is 0 Å². The number of ether oxygens (including phenoxy) is 1. The number of nitrogens with zero attached hydrogens (tertiary/aromatic N) is 2. The number of halogens is 5. The fraction of sp³-hybridized carbons (Fsp3) is 0.222. The van der Waals surface area contributed by atoms with Crippen molar-refractivity contribution in [1.29, 1.82) is 0 Å². The molecule has 0 spiro atoms. The first-order valence-corrected chi connectivity index (χ1v) is 6.20. The third-order valence-corrected chi connectivity index (χ3v) is 2.94. The highest BCUT2D eigenvalue weighted by atomic mass is 35.5. The monoisotopic (exact) mass is 348 g/mol. The van der Waals surface area contributed by atoms with Crippen LogP contribution >= 0.6 is 58.0 Å². The van der Waals surface area contributed by atoms with Crippen molar-refractivity contribution in [3.63, 3.8) is 0 Å². The molecule has 1 aromatic carbocycles. The lowest BCUT2D eigenvalue weighted by atomic mass is 10.3. The summed E-state index contributed by atoms with van der Waals surface area (Å²) in [7, 11) is 1.11. The molecular weight excluding hydrogens is 345 g/mol. The van der Waals surface area contributed by atoms with Gasteiger partial charge in [0, 0.05) is 5.02 Å². The van der Waals surface area contributed by atoms with Gasteiger partial charge in [-0.3, -0.25) is 0 Å². The molecule has 9 heteroatoms. The number of hydrogen-bond donors (Lipinski definition) is 0. The van der Waals surface area contributed by atoms with Crippen molar-refractivity contribution in [2.75, 3.05) is 7.11 Å². The largest absolute Gasteiger partial charge is 0.465 e. The Labute approximate surface area is 128 Å². The van der Waals surface area contributed by atoms with Gasteiger partial charge in [-0.25, -0.2) is 4.79 Å². The molecule has 0 heterocycles. The van der Waals surface area contributed by atoms with Gasteiger partial charge in [0.1, 0.15) is 5.69 Å². The van der Waals surface area contributed by atoms with Crippen LogP contribution in [-0.2, 0) is 9.53 Å². The molecule has 0 aliphatic heterocycles. The smallest absolute Gasteiger partial charge is 0.367 e. The van der Waals surface area contributed by atoms with Crippen LogP contribution in [0.15, 0.2) is 22.4 Å². The molecule has 0 aliphatic carbocycles. The van der Waals surface area contributed by atoms with E-state index in [0.29, 0.717) is 5.02 Å². The summed E-state index contributed by atoms with van der Waals surface area (Å²) in [5.74, 6) is -0.976. The first kappa shape index (κ1) is 15.8. The SMILES string of the molecule is COC(=O)C(Cl)(Cl)/N=N/c1c(Cl)cc(Cl)cc1Cl. The van der Waals surface area contributed by atoms with Gasteiger partial charge in [0.2, 0.25) is 0 Å². The van der Waals surface area contributed by atoms with E-state index in [0.717, 1.165) is 7.11 Å². The Hall–Kier alpha value is -0.260. The van der Waals surface area contributed by atoms with Crippen LogP contribution in [-0.4, -0.2) is 17.5 Å². The second-order valence-electron chi connectivity index (χ2n) is 2.95. The molecule has 0 saturated carbocycles. The third kappa shape index (κ3) is 3.87. The van der Waals surface area contributed by atoms with Crippen LogP contribution in [0, 0.1) is 0 Å². The van der Waals surface area contributed by atoms with E-state index in [1.807, 2.05) is 0 Å². The summed E-state index contributed by atoms with van der Waals surface area (Å²) in [6.07, 6.45) is 0. The Kier molecular flexibility index (Phi) is 5.49. The van der Waals surface area contributed by atoms with Crippen LogP contribution in [0.25, 0.3) is 0 Å². The summed E-state index contributed by atoms with van der Waals surface area (Å²) >= 11 is 28.6. The predicted octanol–water partition coefficient (Wildman–Crippen LogP) is 5.03. The molecule has 0 amide bonds. The highest BCUT2D eigenvalue weighted by molar-refractivity contribution is 6.57. The zero-order valence-electron chi connectivity index (χ0n) is 8.76. The fourth-order valence-electron chi connectivity index (χ4n) is 0.907. The van der Waals surface area contributed by atoms with Crippen molar-refractivity contribution >= 4 is 69.7 Å². The molecule has 0 unspecified atom stereocenters. The topological polar surface area (TPSA) is 51.0 Å². The van der Waals surface area contributed by atoms with Gasteiger partial charge in [-0.05, 0) is 12.1 Å². The summed E-state index contributed by atoms with van der Waals surface area (Å²) in [5, 5.41) is 7.66. The summed E-state index contributed by atoms with van der Waals surface area (Å²) in [4.78, 5) is 11.2. The summed E-state index contributed by atoms with van der Waals surface area (Å²) in [5.41, 5.74) is 0.0947. The Morgan fingerprint density at radius 2 is 1.72 bits per heavy atom. The molecule has 1 aromatic rings. The number of rotatable bonds is 3. The molecule has 0 N–H and O–H groups in total.